The lowest BCUT2D eigenvalue weighted by atomic mass is 10.1. The minimum absolute atomic E-state index is 0. The van der Waals surface area contributed by atoms with E-state index < -0.39 is 0 Å². The van der Waals surface area contributed by atoms with Gasteiger partial charge in [0.15, 0.2) is 5.96 Å². The van der Waals surface area contributed by atoms with Crippen molar-refractivity contribution in [3.63, 3.8) is 0 Å². The van der Waals surface area contributed by atoms with Gasteiger partial charge in [0.1, 0.15) is 0 Å². The topological polar surface area (TPSA) is 49.3 Å². The van der Waals surface area contributed by atoms with Crippen molar-refractivity contribution in [3.8, 4) is 0 Å². The highest BCUT2D eigenvalue weighted by atomic mass is 127. The molecular formula is C17H22ClIN4. The first-order valence-corrected chi connectivity index (χ1v) is 7.74. The van der Waals surface area contributed by atoms with E-state index in [0.717, 1.165) is 42.6 Å². The Morgan fingerprint density at radius 2 is 1.87 bits per heavy atom. The van der Waals surface area contributed by atoms with E-state index in [1.807, 2.05) is 42.6 Å². The summed E-state index contributed by atoms with van der Waals surface area (Å²) in [5, 5.41) is 7.36. The molecule has 0 aliphatic heterocycles. The van der Waals surface area contributed by atoms with Gasteiger partial charge in [0, 0.05) is 43.5 Å². The van der Waals surface area contributed by atoms with Gasteiger partial charge in [-0.3, -0.25) is 9.98 Å². The predicted octanol–water partition coefficient (Wildman–Crippen LogP) is 3.30. The Hall–Kier alpha value is -1.34. The zero-order chi connectivity index (χ0) is 15.6. The molecular weight excluding hydrogens is 423 g/mol. The maximum absolute atomic E-state index is 5.98. The number of halogens is 2. The fraction of sp³-hybridized carbons (Fsp3) is 0.294. The second-order valence-corrected chi connectivity index (χ2v) is 5.31. The van der Waals surface area contributed by atoms with Gasteiger partial charge >= 0.3 is 0 Å². The fourth-order valence-electron chi connectivity index (χ4n) is 2.09. The molecule has 2 rings (SSSR count). The lowest BCUT2D eigenvalue weighted by Crippen LogP contribution is -2.39. The van der Waals surface area contributed by atoms with Gasteiger partial charge in [-0.1, -0.05) is 29.8 Å². The summed E-state index contributed by atoms with van der Waals surface area (Å²) >= 11 is 5.98. The zero-order valence-corrected chi connectivity index (χ0v) is 16.2. The number of aliphatic imine (C=N–C) groups is 1. The van der Waals surface area contributed by atoms with Crippen molar-refractivity contribution >= 4 is 41.5 Å². The van der Waals surface area contributed by atoms with Crippen molar-refractivity contribution in [1.29, 1.82) is 0 Å². The molecule has 0 amide bonds. The molecule has 4 nitrogen and oxygen atoms in total. The second-order valence-electron chi connectivity index (χ2n) is 4.88. The van der Waals surface area contributed by atoms with Crippen LogP contribution in [-0.4, -0.2) is 31.1 Å². The predicted molar refractivity (Wildman–Crippen MR) is 108 cm³/mol. The van der Waals surface area contributed by atoms with E-state index in [-0.39, 0.29) is 24.0 Å². The molecule has 0 bridgehead atoms. The molecule has 0 saturated heterocycles. The van der Waals surface area contributed by atoms with Gasteiger partial charge in [-0.2, -0.15) is 0 Å². The third kappa shape index (κ3) is 7.65. The van der Waals surface area contributed by atoms with E-state index in [1.165, 1.54) is 5.56 Å². The fourth-order valence-corrected chi connectivity index (χ4v) is 2.31. The molecule has 0 aliphatic carbocycles. The van der Waals surface area contributed by atoms with Gasteiger partial charge < -0.3 is 10.6 Å². The summed E-state index contributed by atoms with van der Waals surface area (Å²) in [5.41, 5.74) is 2.29. The van der Waals surface area contributed by atoms with Crippen molar-refractivity contribution in [2.45, 2.75) is 12.8 Å². The maximum atomic E-state index is 5.98. The first-order chi connectivity index (χ1) is 10.8. The molecule has 6 heteroatoms. The van der Waals surface area contributed by atoms with Gasteiger partial charge in [-0.05, 0) is 36.2 Å². The number of hydrogen-bond donors (Lipinski definition) is 2. The monoisotopic (exact) mass is 444 g/mol. The van der Waals surface area contributed by atoms with E-state index in [0.29, 0.717) is 0 Å². The first kappa shape index (κ1) is 19.7. The van der Waals surface area contributed by atoms with Gasteiger partial charge in [0.25, 0.3) is 0 Å². The minimum Gasteiger partial charge on any atom is -0.356 e. The van der Waals surface area contributed by atoms with Crippen LogP contribution in [0.5, 0.6) is 0 Å². The van der Waals surface area contributed by atoms with E-state index in [4.69, 9.17) is 11.6 Å². The van der Waals surface area contributed by atoms with E-state index >= 15 is 0 Å². The third-order valence-corrected chi connectivity index (χ3v) is 3.45. The number of benzene rings is 1. The van der Waals surface area contributed by atoms with Crippen LogP contribution in [0.2, 0.25) is 5.02 Å². The summed E-state index contributed by atoms with van der Waals surface area (Å²) in [6.45, 7) is 1.61. The van der Waals surface area contributed by atoms with Crippen LogP contribution in [-0.2, 0) is 12.8 Å². The Morgan fingerprint density at radius 1 is 1.09 bits per heavy atom. The summed E-state index contributed by atoms with van der Waals surface area (Å²) in [6, 6.07) is 13.9. The lowest BCUT2D eigenvalue weighted by Gasteiger charge is -2.11. The normalized spacial score (nSPS) is 10.8. The number of nitrogens with one attached hydrogen (secondary N) is 2. The molecule has 1 aromatic carbocycles. The highest BCUT2D eigenvalue weighted by Crippen LogP contribution is 2.10. The first-order valence-electron chi connectivity index (χ1n) is 7.37. The summed E-state index contributed by atoms with van der Waals surface area (Å²) < 4.78 is 0. The number of guanidine groups is 1. The van der Waals surface area contributed by atoms with E-state index in [1.54, 1.807) is 7.05 Å². The van der Waals surface area contributed by atoms with Gasteiger partial charge in [0.05, 0.1) is 0 Å². The van der Waals surface area contributed by atoms with Gasteiger partial charge in [0.2, 0.25) is 0 Å². The molecule has 0 atom stereocenters. The van der Waals surface area contributed by atoms with Crippen molar-refractivity contribution in [2.24, 2.45) is 4.99 Å². The molecule has 0 saturated carbocycles. The van der Waals surface area contributed by atoms with E-state index in [2.05, 4.69) is 26.7 Å². The molecule has 23 heavy (non-hydrogen) atoms. The van der Waals surface area contributed by atoms with Crippen LogP contribution in [0.25, 0.3) is 0 Å². The average Bonchev–Trinajstić information content (AvgIpc) is 2.54. The number of aromatic nitrogens is 1. The summed E-state index contributed by atoms with van der Waals surface area (Å²) in [7, 11) is 1.77. The quantitative estimate of drug-likeness (QED) is 0.408. The molecule has 2 aromatic rings. The standard InChI is InChI=1S/C17H21ClN4.HI/c1-19-17(22-12-9-16-7-2-3-10-20-16)21-11-8-14-5-4-6-15(18)13-14;/h2-7,10,13H,8-9,11-12H2,1H3,(H2,19,21,22);1H. The Balaban J connectivity index is 0.00000264. The molecule has 124 valence electrons. The SMILES string of the molecule is CN=C(NCCc1cccc(Cl)c1)NCCc1ccccn1.I. The molecule has 0 radical (unpaired) electrons. The Bertz CT molecular complexity index is 605. The summed E-state index contributed by atoms with van der Waals surface area (Å²) in [5.74, 6) is 0.804. The van der Waals surface area contributed by atoms with Crippen LogP contribution < -0.4 is 10.6 Å². The van der Waals surface area contributed by atoms with Crippen LogP contribution in [0, 0.1) is 0 Å². The highest BCUT2D eigenvalue weighted by molar-refractivity contribution is 14.0. The highest BCUT2D eigenvalue weighted by Gasteiger charge is 1.99. The zero-order valence-electron chi connectivity index (χ0n) is 13.1. The van der Waals surface area contributed by atoms with Crippen LogP contribution in [0.1, 0.15) is 11.3 Å². The Morgan fingerprint density at radius 3 is 2.52 bits per heavy atom. The van der Waals surface area contributed by atoms with Crippen LogP contribution >= 0.6 is 35.6 Å². The minimum atomic E-state index is 0. The van der Waals surface area contributed by atoms with Crippen LogP contribution in [0.3, 0.4) is 0 Å². The molecule has 0 aliphatic rings. The average molecular weight is 445 g/mol. The molecule has 0 spiro atoms. The summed E-state index contributed by atoms with van der Waals surface area (Å²) in [4.78, 5) is 8.51. The van der Waals surface area contributed by atoms with Crippen molar-refractivity contribution in [1.82, 2.24) is 15.6 Å². The number of rotatable bonds is 6. The number of pyridine rings is 1. The molecule has 1 aromatic heterocycles. The lowest BCUT2D eigenvalue weighted by molar-refractivity contribution is 0.776. The second kappa shape index (κ2) is 11.2. The van der Waals surface area contributed by atoms with Crippen molar-refractivity contribution < 1.29 is 0 Å². The maximum Gasteiger partial charge on any atom is 0.190 e. The van der Waals surface area contributed by atoms with Crippen molar-refractivity contribution in [2.75, 3.05) is 20.1 Å². The van der Waals surface area contributed by atoms with Crippen LogP contribution in [0.15, 0.2) is 53.7 Å². The smallest absolute Gasteiger partial charge is 0.190 e. The Kier molecular flexibility index (Phi) is 9.63. The third-order valence-electron chi connectivity index (χ3n) is 3.22. The van der Waals surface area contributed by atoms with Crippen LogP contribution in [0.4, 0.5) is 0 Å². The molecule has 1 heterocycles. The Labute approximate surface area is 159 Å². The largest absolute Gasteiger partial charge is 0.356 e. The van der Waals surface area contributed by atoms with E-state index in [9.17, 15) is 0 Å². The summed E-state index contributed by atoms with van der Waals surface area (Å²) in [6.07, 6.45) is 3.59. The van der Waals surface area contributed by atoms with Gasteiger partial charge in [-0.25, -0.2) is 0 Å². The number of hydrogen-bond acceptors (Lipinski definition) is 2. The molecule has 2 N–H and O–H groups in total. The molecule has 0 fully saturated rings. The molecule has 0 unspecified atom stereocenters. The van der Waals surface area contributed by atoms with Crippen molar-refractivity contribution in [3.05, 3.63) is 64.9 Å². The number of nitrogens with zero attached hydrogens (tertiary/aromatic N) is 2. The van der Waals surface area contributed by atoms with Gasteiger partial charge in [-0.15, -0.1) is 24.0 Å².